The van der Waals surface area contributed by atoms with E-state index in [1.54, 1.807) is 18.7 Å². The number of nitrogens with zero attached hydrogens (tertiary/aromatic N) is 4. The van der Waals surface area contributed by atoms with Crippen LogP contribution in [0.3, 0.4) is 0 Å². The van der Waals surface area contributed by atoms with E-state index in [4.69, 9.17) is 10.5 Å². The third-order valence-corrected chi connectivity index (χ3v) is 3.57. The number of rotatable bonds is 6. The van der Waals surface area contributed by atoms with E-state index in [1.807, 2.05) is 0 Å². The van der Waals surface area contributed by atoms with Gasteiger partial charge in [-0.1, -0.05) is 0 Å². The van der Waals surface area contributed by atoms with Gasteiger partial charge in [-0.2, -0.15) is 0 Å². The van der Waals surface area contributed by atoms with Gasteiger partial charge in [-0.25, -0.2) is 9.78 Å². The Balaban J connectivity index is 2.71. The number of hydrogen-bond acceptors (Lipinski definition) is 5. The van der Waals surface area contributed by atoms with Crippen LogP contribution in [0.2, 0.25) is 0 Å². The van der Waals surface area contributed by atoms with E-state index in [1.165, 1.54) is 11.6 Å². The molecule has 0 saturated carbocycles. The molecule has 0 amide bonds. The predicted octanol–water partition coefficient (Wildman–Crippen LogP) is -1.03. The van der Waals surface area contributed by atoms with Gasteiger partial charge in [0.05, 0.1) is 13.2 Å². The van der Waals surface area contributed by atoms with E-state index in [2.05, 4.69) is 4.98 Å². The molecule has 0 aliphatic carbocycles. The molecule has 2 aromatic heterocycles. The molecule has 0 radical (unpaired) electrons. The second-order valence-corrected chi connectivity index (χ2v) is 4.94. The first-order valence-electron chi connectivity index (χ1n) is 6.87. The summed E-state index contributed by atoms with van der Waals surface area (Å²) in [6, 6.07) is 0. The molecule has 8 nitrogen and oxygen atoms in total. The standard InChI is InChI=1S/C13H21N5O3/c1-16-9(5-4-6-14)15-11-10(16)12(19)17(2)13(20)18(11)7-8-21-3/h4-8,14H2,1-3H3. The van der Waals surface area contributed by atoms with E-state index in [0.717, 1.165) is 16.8 Å². The van der Waals surface area contributed by atoms with Crippen LogP contribution >= 0.6 is 0 Å². The fourth-order valence-electron chi connectivity index (χ4n) is 2.34. The smallest absolute Gasteiger partial charge is 0.332 e. The molecule has 0 atom stereocenters. The van der Waals surface area contributed by atoms with Gasteiger partial charge >= 0.3 is 5.69 Å². The van der Waals surface area contributed by atoms with Crippen LogP contribution in [0, 0.1) is 0 Å². The second-order valence-electron chi connectivity index (χ2n) is 4.94. The average Bonchev–Trinajstić information content (AvgIpc) is 2.80. The minimum atomic E-state index is -0.381. The van der Waals surface area contributed by atoms with Gasteiger partial charge in [0.2, 0.25) is 0 Å². The zero-order chi connectivity index (χ0) is 15.6. The van der Waals surface area contributed by atoms with Crippen molar-refractivity contribution in [3.63, 3.8) is 0 Å². The third-order valence-electron chi connectivity index (χ3n) is 3.57. The highest BCUT2D eigenvalue weighted by Crippen LogP contribution is 2.11. The zero-order valence-corrected chi connectivity index (χ0v) is 12.6. The van der Waals surface area contributed by atoms with Crippen LogP contribution in [0.4, 0.5) is 0 Å². The Bertz CT molecular complexity index is 756. The first-order chi connectivity index (χ1) is 10.0. The molecule has 0 saturated heterocycles. The first-order valence-corrected chi connectivity index (χ1v) is 6.87. The molecular weight excluding hydrogens is 274 g/mol. The zero-order valence-electron chi connectivity index (χ0n) is 12.6. The van der Waals surface area contributed by atoms with Gasteiger partial charge in [0, 0.05) is 27.6 Å². The van der Waals surface area contributed by atoms with Crippen LogP contribution in [0.5, 0.6) is 0 Å². The maximum absolute atomic E-state index is 12.3. The molecule has 0 aromatic carbocycles. The summed E-state index contributed by atoms with van der Waals surface area (Å²) in [7, 11) is 4.82. The van der Waals surface area contributed by atoms with Crippen LogP contribution < -0.4 is 17.0 Å². The molecule has 116 valence electrons. The largest absolute Gasteiger partial charge is 0.383 e. The summed E-state index contributed by atoms with van der Waals surface area (Å²) >= 11 is 0. The molecular formula is C13H21N5O3. The number of aryl methyl sites for hydroxylation is 2. The molecule has 0 unspecified atom stereocenters. The molecule has 0 bridgehead atoms. The topological polar surface area (TPSA) is 97.1 Å². The number of methoxy groups -OCH3 is 1. The Morgan fingerprint density at radius 1 is 1.24 bits per heavy atom. The molecule has 0 aliphatic heterocycles. The molecule has 2 rings (SSSR count). The number of fused-ring (bicyclic) bond motifs is 1. The summed E-state index contributed by atoms with van der Waals surface area (Å²) in [4.78, 5) is 29.0. The molecule has 2 aromatic rings. The predicted molar refractivity (Wildman–Crippen MR) is 79.5 cm³/mol. The van der Waals surface area contributed by atoms with Crippen molar-refractivity contribution in [1.82, 2.24) is 18.7 Å². The van der Waals surface area contributed by atoms with E-state index >= 15 is 0 Å². The van der Waals surface area contributed by atoms with E-state index in [-0.39, 0.29) is 11.2 Å². The number of aromatic nitrogens is 4. The van der Waals surface area contributed by atoms with Crippen LogP contribution in [0.1, 0.15) is 12.2 Å². The monoisotopic (exact) mass is 295 g/mol. The summed E-state index contributed by atoms with van der Waals surface area (Å²) in [5.41, 5.74) is 5.65. The van der Waals surface area contributed by atoms with Crippen molar-refractivity contribution in [2.75, 3.05) is 20.3 Å². The first kappa shape index (κ1) is 15.5. The van der Waals surface area contributed by atoms with E-state index < -0.39 is 0 Å². The van der Waals surface area contributed by atoms with Gasteiger partial charge in [0.15, 0.2) is 11.2 Å². The lowest BCUT2D eigenvalue weighted by atomic mass is 10.3. The minimum Gasteiger partial charge on any atom is -0.383 e. The summed E-state index contributed by atoms with van der Waals surface area (Å²) in [6.45, 7) is 1.28. The van der Waals surface area contributed by atoms with Gasteiger partial charge in [-0.05, 0) is 13.0 Å². The second kappa shape index (κ2) is 6.23. The Kier molecular flexibility index (Phi) is 4.59. The summed E-state index contributed by atoms with van der Waals surface area (Å²) in [5.74, 6) is 0.754. The van der Waals surface area contributed by atoms with Gasteiger partial charge in [0.25, 0.3) is 5.56 Å². The number of ether oxygens (including phenoxy) is 1. The highest BCUT2D eigenvalue weighted by molar-refractivity contribution is 5.71. The van der Waals surface area contributed by atoms with Crippen LogP contribution in [0.25, 0.3) is 11.2 Å². The van der Waals surface area contributed by atoms with Gasteiger partial charge in [0.1, 0.15) is 5.82 Å². The molecule has 0 aliphatic rings. The quantitative estimate of drug-likeness (QED) is 0.735. The minimum absolute atomic E-state index is 0.335. The van der Waals surface area contributed by atoms with Crippen molar-refractivity contribution >= 4 is 11.2 Å². The summed E-state index contributed by atoms with van der Waals surface area (Å²) < 4.78 is 9.35. The van der Waals surface area contributed by atoms with Crippen LogP contribution in [-0.2, 0) is 31.8 Å². The van der Waals surface area contributed by atoms with Gasteiger partial charge < -0.3 is 15.0 Å². The van der Waals surface area contributed by atoms with Crippen molar-refractivity contribution in [1.29, 1.82) is 0 Å². The Morgan fingerprint density at radius 2 is 1.95 bits per heavy atom. The number of hydrogen-bond donors (Lipinski definition) is 1. The summed E-state index contributed by atoms with van der Waals surface area (Å²) in [5, 5.41) is 0. The lowest BCUT2D eigenvalue weighted by Crippen LogP contribution is -2.39. The van der Waals surface area contributed by atoms with Crippen molar-refractivity contribution < 1.29 is 4.74 Å². The Hall–Kier alpha value is -1.93. The highest BCUT2D eigenvalue weighted by atomic mass is 16.5. The van der Waals surface area contributed by atoms with Crippen LogP contribution in [0.15, 0.2) is 9.59 Å². The van der Waals surface area contributed by atoms with Crippen molar-refractivity contribution in [2.45, 2.75) is 19.4 Å². The maximum atomic E-state index is 12.3. The Labute approximate surface area is 121 Å². The number of imidazole rings is 1. The average molecular weight is 295 g/mol. The summed E-state index contributed by atoms with van der Waals surface area (Å²) in [6.07, 6.45) is 1.45. The molecule has 2 N–H and O–H groups in total. The van der Waals surface area contributed by atoms with Gasteiger partial charge in [-0.15, -0.1) is 0 Å². The van der Waals surface area contributed by atoms with Gasteiger partial charge in [-0.3, -0.25) is 13.9 Å². The Morgan fingerprint density at radius 3 is 2.57 bits per heavy atom. The lowest BCUT2D eigenvalue weighted by molar-refractivity contribution is 0.186. The fraction of sp³-hybridized carbons (Fsp3) is 0.615. The molecule has 8 heteroatoms. The van der Waals surface area contributed by atoms with Crippen molar-refractivity contribution in [2.24, 2.45) is 19.8 Å². The SMILES string of the molecule is COCCn1c(=O)n(C)c(=O)c2c1nc(CCCN)n2C. The van der Waals surface area contributed by atoms with Crippen molar-refractivity contribution in [3.8, 4) is 0 Å². The number of nitrogens with two attached hydrogens (primary N) is 1. The maximum Gasteiger partial charge on any atom is 0.332 e. The van der Waals surface area contributed by atoms with Crippen molar-refractivity contribution in [3.05, 3.63) is 26.7 Å². The molecule has 0 fully saturated rings. The third kappa shape index (κ3) is 2.64. The van der Waals surface area contributed by atoms with Crippen LogP contribution in [-0.4, -0.2) is 38.9 Å². The lowest BCUT2D eigenvalue weighted by Gasteiger charge is -2.08. The highest BCUT2D eigenvalue weighted by Gasteiger charge is 2.18. The molecule has 0 spiro atoms. The molecule has 2 heterocycles. The van der Waals surface area contributed by atoms with E-state index in [9.17, 15) is 9.59 Å². The fourth-order valence-corrected chi connectivity index (χ4v) is 2.34. The molecule has 21 heavy (non-hydrogen) atoms. The normalized spacial score (nSPS) is 11.4. The van der Waals surface area contributed by atoms with E-state index in [0.29, 0.717) is 37.3 Å².